The van der Waals surface area contributed by atoms with Gasteiger partial charge in [0, 0.05) is 25.4 Å². The van der Waals surface area contributed by atoms with E-state index in [0.717, 1.165) is 42.6 Å². The van der Waals surface area contributed by atoms with E-state index in [-0.39, 0.29) is 11.5 Å². The standard InChI is InChI=1S/C18H21N3O2/c19-16(18(23)21-9-1-2-10-21)11-13-3-5-14(6-4-13)15-7-8-17(22)20-12-15/h3-8,12,16H,1-2,9-11,19H2,(H,20,22)/t16-/m0/s1. The third-order valence-corrected chi connectivity index (χ3v) is 4.26. The Morgan fingerprint density at radius 1 is 1.09 bits per heavy atom. The second-order valence-electron chi connectivity index (χ2n) is 5.98. The Labute approximate surface area is 135 Å². The fraction of sp³-hybridized carbons (Fsp3) is 0.333. The minimum absolute atomic E-state index is 0.0483. The van der Waals surface area contributed by atoms with E-state index in [2.05, 4.69) is 4.98 Å². The van der Waals surface area contributed by atoms with Gasteiger partial charge in [-0.2, -0.15) is 0 Å². The zero-order valence-electron chi connectivity index (χ0n) is 13.0. The van der Waals surface area contributed by atoms with Crippen LogP contribution in [0.3, 0.4) is 0 Å². The molecule has 1 aromatic carbocycles. The number of rotatable bonds is 4. The SMILES string of the molecule is N[C@@H](Cc1ccc(-c2ccc(=O)[nH]c2)cc1)C(=O)N1CCCC1. The summed E-state index contributed by atoms with van der Waals surface area (Å²) in [5, 5.41) is 0. The number of amides is 1. The number of aromatic amines is 1. The van der Waals surface area contributed by atoms with Crippen molar-refractivity contribution < 1.29 is 4.79 Å². The summed E-state index contributed by atoms with van der Waals surface area (Å²) in [6, 6.07) is 10.7. The maximum atomic E-state index is 12.2. The highest BCUT2D eigenvalue weighted by Gasteiger charge is 2.23. The van der Waals surface area contributed by atoms with Crippen molar-refractivity contribution in [3.63, 3.8) is 0 Å². The predicted molar refractivity (Wildman–Crippen MR) is 90.0 cm³/mol. The van der Waals surface area contributed by atoms with Gasteiger partial charge in [0.15, 0.2) is 0 Å². The molecule has 1 saturated heterocycles. The normalized spacial score (nSPS) is 15.6. The Morgan fingerprint density at radius 2 is 1.74 bits per heavy atom. The number of hydrogen-bond donors (Lipinski definition) is 2. The minimum atomic E-state index is -0.480. The number of pyridine rings is 1. The lowest BCUT2D eigenvalue weighted by Crippen LogP contribution is -2.43. The van der Waals surface area contributed by atoms with Crippen LogP contribution in [-0.4, -0.2) is 34.9 Å². The highest BCUT2D eigenvalue weighted by atomic mass is 16.2. The first kappa shape index (κ1) is 15.5. The molecule has 1 fully saturated rings. The van der Waals surface area contributed by atoms with Crippen molar-refractivity contribution in [2.45, 2.75) is 25.3 Å². The Balaban J connectivity index is 1.66. The van der Waals surface area contributed by atoms with Gasteiger partial charge in [-0.25, -0.2) is 0 Å². The zero-order chi connectivity index (χ0) is 16.2. The lowest BCUT2D eigenvalue weighted by molar-refractivity contribution is -0.131. The van der Waals surface area contributed by atoms with E-state index in [0.29, 0.717) is 6.42 Å². The third kappa shape index (κ3) is 3.68. The topological polar surface area (TPSA) is 79.2 Å². The average molecular weight is 311 g/mol. The van der Waals surface area contributed by atoms with Gasteiger partial charge in [0.1, 0.15) is 0 Å². The number of nitrogens with one attached hydrogen (secondary N) is 1. The molecule has 120 valence electrons. The summed E-state index contributed by atoms with van der Waals surface area (Å²) in [5.74, 6) is 0.0483. The van der Waals surface area contributed by atoms with Crippen molar-refractivity contribution in [1.82, 2.24) is 9.88 Å². The zero-order valence-corrected chi connectivity index (χ0v) is 13.0. The highest BCUT2D eigenvalue weighted by Crippen LogP contribution is 2.18. The molecule has 3 rings (SSSR count). The quantitative estimate of drug-likeness (QED) is 0.899. The molecule has 0 spiro atoms. The Hall–Kier alpha value is -2.40. The molecule has 0 saturated carbocycles. The van der Waals surface area contributed by atoms with Crippen molar-refractivity contribution >= 4 is 5.91 Å². The lowest BCUT2D eigenvalue weighted by Gasteiger charge is -2.20. The van der Waals surface area contributed by atoms with Crippen LogP contribution >= 0.6 is 0 Å². The van der Waals surface area contributed by atoms with Crippen molar-refractivity contribution in [3.05, 3.63) is 58.5 Å². The van der Waals surface area contributed by atoms with Crippen molar-refractivity contribution in [2.75, 3.05) is 13.1 Å². The molecule has 5 heteroatoms. The number of hydrogen-bond acceptors (Lipinski definition) is 3. The predicted octanol–water partition coefficient (Wildman–Crippen LogP) is 1.53. The van der Waals surface area contributed by atoms with E-state index in [4.69, 9.17) is 5.73 Å². The minimum Gasteiger partial charge on any atom is -0.341 e. The van der Waals surface area contributed by atoms with E-state index in [9.17, 15) is 9.59 Å². The van der Waals surface area contributed by atoms with Gasteiger partial charge in [0.25, 0.3) is 0 Å². The van der Waals surface area contributed by atoms with Crippen LogP contribution in [0.25, 0.3) is 11.1 Å². The number of carbonyl (C=O) groups excluding carboxylic acids is 1. The summed E-state index contributed by atoms with van der Waals surface area (Å²) in [6.45, 7) is 1.66. The smallest absolute Gasteiger partial charge is 0.247 e. The van der Waals surface area contributed by atoms with Crippen LogP contribution in [-0.2, 0) is 11.2 Å². The first-order chi connectivity index (χ1) is 11.1. The lowest BCUT2D eigenvalue weighted by atomic mass is 10.0. The van der Waals surface area contributed by atoms with Crippen LogP contribution in [0.5, 0.6) is 0 Å². The molecule has 2 aromatic rings. The number of benzene rings is 1. The van der Waals surface area contributed by atoms with Crippen molar-refractivity contribution in [1.29, 1.82) is 0 Å². The molecular formula is C18H21N3O2. The first-order valence-electron chi connectivity index (χ1n) is 7.96. The summed E-state index contributed by atoms with van der Waals surface area (Å²) >= 11 is 0. The number of nitrogens with two attached hydrogens (primary N) is 1. The van der Waals surface area contributed by atoms with Crippen LogP contribution in [0.1, 0.15) is 18.4 Å². The molecule has 0 aliphatic carbocycles. The van der Waals surface area contributed by atoms with Crippen LogP contribution in [0.2, 0.25) is 0 Å². The molecule has 1 aliphatic rings. The van der Waals surface area contributed by atoms with E-state index in [1.807, 2.05) is 29.2 Å². The van der Waals surface area contributed by atoms with Gasteiger partial charge >= 0.3 is 0 Å². The fourth-order valence-electron chi connectivity index (χ4n) is 2.94. The average Bonchev–Trinajstić information content (AvgIpc) is 3.10. The van der Waals surface area contributed by atoms with E-state index < -0.39 is 6.04 Å². The highest BCUT2D eigenvalue weighted by molar-refractivity contribution is 5.82. The summed E-state index contributed by atoms with van der Waals surface area (Å²) < 4.78 is 0. The van der Waals surface area contributed by atoms with Crippen LogP contribution < -0.4 is 11.3 Å². The fourth-order valence-corrected chi connectivity index (χ4v) is 2.94. The van der Waals surface area contributed by atoms with Gasteiger partial charge in [-0.1, -0.05) is 24.3 Å². The van der Waals surface area contributed by atoms with Gasteiger partial charge in [0.05, 0.1) is 6.04 Å². The summed E-state index contributed by atoms with van der Waals surface area (Å²) in [7, 11) is 0. The van der Waals surface area contributed by atoms with Crippen LogP contribution in [0.15, 0.2) is 47.4 Å². The monoisotopic (exact) mass is 311 g/mol. The van der Waals surface area contributed by atoms with Gasteiger partial charge < -0.3 is 15.6 Å². The maximum absolute atomic E-state index is 12.2. The molecular weight excluding hydrogens is 290 g/mol. The number of aromatic nitrogens is 1. The largest absolute Gasteiger partial charge is 0.341 e. The van der Waals surface area contributed by atoms with Gasteiger partial charge in [-0.15, -0.1) is 0 Å². The second-order valence-corrected chi connectivity index (χ2v) is 5.98. The molecule has 1 aliphatic heterocycles. The molecule has 1 aromatic heterocycles. The maximum Gasteiger partial charge on any atom is 0.247 e. The summed E-state index contributed by atoms with van der Waals surface area (Å²) in [6.07, 6.45) is 4.39. The Morgan fingerprint density at radius 3 is 2.35 bits per heavy atom. The van der Waals surface area contributed by atoms with E-state index in [1.165, 1.54) is 6.07 Å². The number of H-pyrrole nitrogens is 1. The first-order valence-corrected chi connectivity index (χ1v) is 7.96. The number of carbonyl (C=O) groups is 1. The van der Waals surface area contributed by atoms with Crippen LogP contribution in [0, 0.1) is 0 Å². The van der Waals surface area contributed by atoms with E-state index >= 15 is 0 Å². The van der Waals surface area contributed by atoms with Gasteiger partial charge in [-0.3, -0.25) is 9.59 Å². The third-order valence-electron chi connectivity index (χ3n) is 4.26. The molecule has 23 heavy (non-hydrogen) atoms. The molecule has 1 amide bonds. The second kappa shape index (κ2) is 6.79. The summed E-state index contributed by atoms with van der Waals surface area (Å²) in [5.41, 5.74) is 8.96. The number of likely N-dealkylation sites (tertiary alicyclic amines) is 1. The molecule has 0 radical (unpaired) electrons. The molecule has 2 heterocycles. The molecule has 5 nitrogen and oxygen atoms in total. The Bertz CT molecular complexity index is 710. The number of nitrogens with zero attached hydrogens (tertiary/aromatic N) is 1. The molecule has 0 unspecified atom stereocenters. The van der Waals surface area contributed by atoms with Gasteiger partial charge in [0.2, 0.25) is 11.5 Å². The Kier molecular flexibility index (Phi) is 4.57. The van der Waals surface area contributed by atoms with Crippen LogP contribution in [0.4, 0.5) is 0 Å². The van der Waals surface area contributed by atoms with Crippen molar-refractivity contribution in [3.8, 4) is 11.1 Å². The summed E-state index contributed by atoms with van der Waals surface area (Å²) in [4.78, 5) is 27.9. The molecule has 0 bridgehead atoms. The molecule has 3 N–H and O–H groups in total. The van der Waals surface area contributed by atoms with E-state index in [1.54, 1.807) is 12.3 Å². The van der Waals surface area contributed by atoms with Gasteiger partial charge in [-0.05, 0) is 42.0 Å². The molecule has 1 atom stereocenters. The van der Waals surface area contributed by atoms with Crippen molar-refractivity contribution in [2.24, 2.45) is 5.73 Å².